The van der Waals surface area contributed by atoms with E-state index in [0.717, 1.165) is 23.5 Å². The van der Waals surface area contributed by atoms with Crippen LogP contribution in [0.25, 0.3) is 10.9 Å². The lowest BCUT2D eigenvalue weighted by Gasteiger charge is -2.05. The molecule has 22 heavy (non-hydrogen) atoms. The number of fused-ring (bicyclic) bond motifs is 1. The summed E-state index contributed by atoms with van der Waals surface area (Å²) in [5, 5.41) is 12.1. The van der Waals surface area contributed by atoms with Gasteiger partial charge < -0.3 is 0 Å². The van der Waals surface area contributed by atoms with Gasteiger partial charge in [0.1, 0.15) is 0 Å². The largest absolute Gasteiger partial charge is 0.324 e. The topological polar surface area (TPSA) is 78.0 Å². The predicted molar refractivity (Wildman–Crippen MR) is 76.0 cm³/mol. The van der Waals surface area contributed by atoms with Crippen LogP contribution in [0.15, 0.2) is 34.7 Å². The maximum atomic E-state index is 13.3. The molecule has 6 nitrogen and oxygen atoms in total. The minimum absolute atomic E-state index is 0.0371. The van der Waals surface area contributed by atoms with Crippen LogP contribution in [0.5, 0.6) is 0 Å². The summed E-state index contributed by atoms with van der Waals surface area (Å²) < 4.78 is 27.6. The van der Waals surface area contributed by atoms with Gasteiger partial charge in [0, 0.05) is 17.5 Å². The first kappa shape index (κ1) is 14.3. The van der Waals surface area contributed by atoms with Gasteiger partial charge in [-0.3, -0.25) is 19.5 Å². The van der Waals surface area contributed by atoms with Crippen LogP contribution in [-0.2, 0) is 6.54 Å². The van der Waals surface area contributed by atoms with Crippen molar-refractivity contribution in [2.24, 2.45) is 0 Å². The third-order valence-electron chi connectivity index (χ3n) is 3.04. The van der Waals surface area contributed by atoms with Crippen molar-refractivity contribution in [3.63, 3.8) is 0 Å². The van der Waals surface area contributed by atoms with E-state index in [1.165, 1.54) is 17.0 Å². The van der Waals surface area contributed by atoms with Crippen molar-refractivity contribution < 1.29 is 13.7 Å². The van der Waals surface area contributed by atoms with Gasteiger partial charge in [-0.15, -0.1) is 0 Å². The van der Waals surface area contributed by atoms with Crippen LogP contribution in [0, 0.1) is 21.7 Å². The molecular formula is C13H7F2N3O3S. The number of aromatic nitrogens is 2. The zero-order chi connectivity index (χ0) is 15.9. The van der Waals surface area contributed by atoms with Gasteiger partial charge in [0.15, 0.2) is 11.6 Å². The summed E-state index contributed by atoms with van der Waals surface area (Å²) in [6.07, 6.45) is 1.20. The lowest BCUT2D eigenvalue weighted by Crippen LogP contribution is -2.21. The van der Waals surface area contributed by atoms with E-state index in [1.54, 1.807) is 5.38 Å². The molecule has 0 aliphatic rings. The molecule has 0 atom stereocenters. The minimum Gasteiger partial charge on any atom is -0.294 e. The molecule has 0 amide bonds. The van der Waals surface area contributed by atoms with Crippen LogP contribution in [0.1, 0.15) is 5.56 Å². The van der Waals surface area contributed by atoms with Crippen LogP contribution < -0.4 is 5.56 Å². The van der Waals surface area contributed by atoms with E-state index in [0.29, 0.717) is 5.56 Å². The summed E-state index contributed by atoms with van der Waals surface area (Å²) in [5.41, 5.74) is 0.0664. The molecule has 1 aromatic carbocycles. The molecule has 0 fully saturated rings. The Balaban J connectivity index is 2.04. The summed E-state index contributed by atoms with van der Waals surface area (Å²) in [7, 11) is 0. The Hall–Kier alpha value is -2.68. The highest BCUT2D eigenvalue weighted by atomic mass is 32.1. The van der Waals surface area contributed by atoms with Gasteiger partial charge in [0.25, 0.3) is 5.56 Å². The molecule has 0 saturated carbocycles. The Bertz CT molecular complexity index is 951. The second-order valence-corrected chi connectivity index (χ2v) is 5.40. The fourth-order valence-corrected chi connectivity index (χ4v) is 2.72. The average Bonchev–Trinajstić information content (AvgIpc) is 2.93. The first-order chi connectivity index (χ1) is 10.5. The minimum atomic E-state index is -1.13. The molecule has 0 bridgehead atoms. The van der Waals surface area contributed by atoms with Gasteiger partial charge in [-0.05, 0) is 11.6 Å². The van der Waals surface area contributed by atoms with Crippen LogP contribution >= 0.6 is 11.3 Å². The number of benzene rings is 1. The van der Waals surface area contributed by atoms with Crippen molar-refractivity contribution in [1.82, 2.24) is 9.55 Å². The Morgan fingerprint density at radius 3 is 2.68 bits per heavy atom. The Kier molecular flexibility index (Phi) is 3.41. The fraction of sp³-hybridized carbons (Fsp3) is 0.0769. The number of rotatable bonds is 3. The monoisotopic (exact) mass is 323 g/mol. The molecule has 3 rings (SSSR count). The van der Waals surface area contributed by atoms with Crippen molar-refractivity contribution in [2.75, 3.05) is 0 Å². The Morgan fingerprint density at radius 2 is 2.00 bits per heavy atom. The lowest BCUT2D eigenvalue weighted by atomic mass is 10.2. The molecule has 0 aliphatic heterocycles. The van der Waals surface area contributed by atoms with Gasteiger partial charge in [-0.25, -0.2) is 13.8 Å². The zero-order valence-electron chi connectivity index (χ0n) is 10.8. The smallest absolute Gasteiger partial charge is 0.294 e. The molecule has 0 radical (unpaired) electrons. The molecule has 0 N–H and O–H groups in total. The van der Waals surface area contributed by atoms with E-state index >= 15 is 0 Å². The molecule has 0 saturated heterocycles. The first-order valence-corrected chi connectivity index (χ1v) is 6.89. The van der Waals surface area contributed by atoms with Gasteiger partial charge in [0.2, 0.25) is 0 Å². The summed E-state index contributed by atoms with van der Waals surface area (Å²) in [6, 6.07) is 3.00. The Labute approximate surface area is 125 Å². The summed E-state index contributed by atoms with van der Waals surface area (Å²) in [5.74, 6) is -2.21. The van der Waals surface area contributed by atoms with Crippen LogP contribution in [-0.4, -0.2) is 14.5 Å². The highest BCUT2D eigenvalue weighted by Crippen LogP contribution is 2.23. The molecule has 9 heteroatoms. The van der Waals surface area contributed by atoms with E-state index < -0.39 is 22.1 Å². The van der Waals surface area contributed by atoms with E-state index in [9.17, 15) is 23.7 Å². The van der Waals surface area contributed by atoms with Crippen molar-refractivity contribution in [1.29, 1.82) is 0 Å². The van der Waals surface area contributed by atoms with Gasteiger partial charge in [-0.2, -0.15) is 0 Å². The third-order valence-corrected chi connectivity index (χ3v) is 3.97. The van der Waals surface area contributed by atoms with Gasteiger partial charge >= 0.3 is 5.00 Å². The summed E-state index contributed by atoms with van der Waals surface area (Å²) in [6.45, 7) is 0.0606. The second kappa shape index (κ2) is 5.26. The number of nitro groups is 1. The van der Waals surface area contributed by atoms with Crippen LogP contribution in [0.3, 0.4) is 0 Å². The SMILES string of the molecule is O=c1c2cc(F)c(F)cc2ncn1Cc1csc([N+](=O)[O-])c1. The standard InChI is InChI=1S/C13H7F2N3O3S/c14-9-2-8-11(3-10(9)15)16-6-17(13(8)19)4-7-1-12(18(20)21)22-5-7/h1-3,5-6H,4H2. The van der Waals surface area contributed by atoms with Crippen molar-refractivity contribution in [2.45, 2.75) is 6.54 Å². The van der Waals surface area contributed by atoms with Crippen LogP contribution in [0.4, 0.5) is 13.8 Å². The van der Waals surface area contributed by atoms with E-state index in [4.69, 9.17) is 0 Å². The third kappa shape index (κ3) is 2.46. The molecule has 0 spiro atoms. The van der Waals surface area contributed by atoms with Gasteiger partial charge in [0.05, 0.1) is 28.7 Å². The molecule has 112 valence electrons. The normalized spacial score (nSPS) is 11.0. The van der Waals surface area contributed by atoms with Crippen molar-refractivity contribution in [3.8, 4) is 0 Å². The Morgan fingerprint density at radius 1 is 1.27 bits per heavy atom. The lowest BCUT2D eigenvalue weighted by molar-refractivity contribution is -0.380. The number of halogens is 2. The predicted octanol–water partition coefficient (Wildman–Crippen LogP) is 2.69. The van der Waals surface area contributed by atoms with Crippen molar-refractivity contribution >= 4 is 27.2 Å². The number of hydrogen-bond donors (Lipinski definition) is 0. The van der Waals surface area contributed by atoms with Crippen LogP contribution in [0.2, 0.25) is 0 Å². The molecular weight excluding hydrogens is 316 g/mol. The highest BCUT2D eigenvalue weighted by molar-refractivity contribution is 7.13. The number of nitrogens with zero attached hydrogens (tertiary/aromatic N) is 3. The number of thiophene rings is 1. The van der Waals surface area contributed by atoms with E-state index in [1.807, 2.05) is 0 Å². The molecule has 0 unspecified atom stereocenters. The fourth-order valence-electron chi connectivity index (χ4n) is 2.00. The maximum Gasteiger partial charge on any atom is 0.324 e. The zero-order valence-corrected chi connectivity index (χ0v) is 11.6. The van der Waals surface area contributed by atoms with Gasteiger partial charge in [-0.1, -0.05) is 11.3 Å². The molecule has 2 aromatic heterocycles. The van der Waals surface area contributed by atoms with E-state index in [2.05, 4.69) is 4.98 Å². The molecule has 0 aliphatic carbocycles. The summed E-state index contributed by atoms with van der Waals surface area (Å²) >= 11 is 0.946. The summed E-state index contributed by atoms with van der Waals surface area (Å²) in [4.78, 5) is 26.3. The molecule has 2 heterocycles. The van der Waals surface area contributed by atoms with Crippen molar-refractivity contribution in [3.05, 3.63) is 67.6 Å². The number of hydrogen-bond acceptors (Lipinski definition) is 5. The first-order valence-electron chi connectivity index (χ1n) is 6.01. The van der Waals surface area contributed by atoms with E-state index in [-0.39, 0.29) is 22.4 Å². The average molecular weight is 323 g/mol. The second-order valence-electron chi connectivity index (χ2n) is 4.51. The highest BCUT2D eigenvalue weighted by Gasteiger charge is 2.13. The maximum absolute atomic E-state index is 13.3. The molecule has 3 aromatic rings. The quantitative estimate of drug-likeness (QED) is 0.548.